The minimum atomic E-state index is -0.980. The molecular formula is C29H38ClN3O5S. The molecule has 1 aliphatic heterocycles. The summed E-state index contributed by atoms with van der Waals surface area (Å²) in [6.45, 7) is 8.32. The van der Waals surface area contributed by atoms with Crippen LogP contribution >= 0.6 is 23.4 Å². The van der Waals surface area contributed by atoms with E-state index >= 15 is 0 Å². The Morgan fingerprint density at radius 2 is 1.64 bits per heavy atom. The van der Waals surface area contributed by atoms with Crippen molar-refractivity contribution < 1.29 is 23.9 Å². The number of piperazine rings is 1. The van der Waals surface area contributed by atoms with E-state index in [1.54, 1.807) is 30.5 Å². The number of anilines is 1. The number of carbonyl (C=O) groups is 3. The number of hydrogen-bond acceptors (Lipinski definition) is 7. The van der Waals surface area contributed by atoms with Gasteiger partial charge >= 0.3 is 5.97 Å². The van der Waals surface area contributed by atoms with Gasteiger partial charge in [0.15, 0.2) is 5.25 Å². The minimum absolute atomic E-state index is 0.0109. The van der Waals surface area contributed by atoms with Crippen LogP contribution in [-0.4, -0.2) is 98.2 Å². The zero-order valence-electron chi connectivity index (χ0n) is 23.1. The highest BCUT2D eigenvalue weighted by Crippen LogP contribution is 2.22. The van der Waals surface area contributed by atoms with Gasteiger partial charge < -0.3 is 19.3 Å². The van der Waals surface area contributed by atoms with Crippen molar-refractivity contribution in [1.82, 2.24) is 9.80 Å². The molecule has 1 aliphatic rings. The molecular weight excluding hydrogens is 538 g/mol. The van der Waals surface area contributed by atoms with E-state index in [1.807, 2.05) is 30.9 Å². The van der Waals surface area contributed by atoms with Gasteiger partial charge in [0.05, 0.1) is 19.8 Å². The number of methoxy groups -OCH3 is 1. The summed E-state index contributed by atoms with van der Waals surface area (Å²) in [5, 5.41) is -0.241. The fourth-order valence-electron chi connectivity index (χ4n) is 4.37. The fourth-order valence-corrected chi connectivity index (χ4v) is 5.12. The maximum absolute atomic E-state index is 13.3. The van der Waals surface area contributed by atoms with Crippen LogP contribution in [0.15, 0.2) is 48.5 Å². The monoisotopic (exact) mass is 575 g/mol. The Morgan fingerprint density at radius 3 is 2.21 bits per heavy atom. The van der Waals surface area contributed by atoms with Crippen molar-refractivity contribution in [2.45, 2.75) is 31.6 Å². The number of halogens is 1. The van der Waals surface area contributed by atoms with Crippen molar-refractivity contribution in [3.63, 3.8) is 0 Å². The summed E-state index contributed by atoms with van der Waals surface area (Å²) in [5.74, 6) is -1.01. The van der Waals surface area contributed by atoms with Gasteiger partial charge in [-0.15, -0.1) is 11.8 Å². The molecule has 2 aromatic carbocycles. The van der Waals surface area contributed by atoms with Crippen LogP contribution in [0, 0.1) is 0 Å². The number of amides is 2. The first-order valence-corrected chi connectivity index (χ1v) is 14.8. The van der Waals surface area contributed by atoms with E-state index in [4.69, 9.17) is 21.1 Å². The lowest BCUT2D eigenvalue weighted by Crippen LogP contribution is -2.49. The van der Waals surface area contributed by atoms with E-state index in [9.17, 15) is 14.4 Å². The zero-order chi connectivity index (χ0) is 28.4. The van der Waals surface area contributed by atoms with Crippen molar-refractivity contribution >= 4 is 46.8 Å². The number of thioether (sulfide) groups is 1. The Kier molecular flexibility index (Phi) is 12.1. The SMILES string of the molecule is COC(=O)C(SC)C(=O)N(CCOC(C)C)c1ccc(C(=O)N2CCN(CCc3ccc(Cl)cc3)CC2)cc1. The van der Waals surface area contributed by atoms with Gasteiger partial charge in [-0.2, -0.15) is 0 Å². The Labute approximate surface area is 240 Å². The van der Waals surface area contributed by atoms with Crippen molar-refractivity contribution in [1.29, 1.82) is 0 Å². The van der Waals surface area contributed by atoms with Gasteiger partial charge in [-0.05, 0) is 68.5 Å². The largest absolute Gasteiger partial charge is 0.468 e. The van der Waals surface area contributed by atoms with Crippen LogP contribution in [0.25, 0.3) is 0 Å². The van der Waals surface area contributed by atoms with Crippen molar-refractivity contribution in [2.24, 2.45) is 0 Å². The smallest absolute Gasteiger partial charge is 0.328 e. The molecule has 212 valence electrons. The molecule has 0 spiro atoms. The van der Waals surface area contributed by atoms with E-state index in [-0.39, 0.29) is 24.5 Å². The van der Waals surface area contributed by atoms with Gasteiger partial charge in [0.2, 0.25) is 0 Å². The molecule has 10 heteroatoms. The van der Waals surface area contributed by atoms with E-state index in [0.717, 1.165) is 42.8 Å². The predicted molar refractivity (Wildman–Crippen MR) is 157 cm³/mol. The molecule has 0 radical (unpaired) electrons. The number of hydrogen-bond donors (Lipinski definition) is 0. The van der Waals surface area contributed by atoms with Crippen molar-refractivity contribution in [3.8, 4) is 0 Å². The first-order valence-electron chi connectivity index (χ1n) is 13.1. The van der Waals surface area contributed by atoms with Crippen LogP contribution in [0.5, 0.6) is 0 Å². The number of esters is 1. The summed E-state index contributed by atoms with van der Waals surface area (Å²) < 4.78 is 10.5. The lowest BCUT2D eigenvalue weighted by atomic mass is 10.1. The highest BCUT2D eigenvalue weighted by Gasteiger charge is 2.32. The molecule has 1 unspecified atom stereocenters. The van der Waals surface area contributed by atoms with E-state index in [2.05, 4.69) is 17.0 Å². The van der Waals surface area contributed by atoms with E-state index < -0.39 is 11.2 Å². The molecule has 3 rings (SSSR count). The molecule has 1 atom stereocenters. The Hall–Kier alpha value is -2.59. The Morgan fingerprint density at radius 1 is 1.00 bits per heavy atom. The van der Waals surface area contributed by atoms with Crippen LogP contribution in [0.1, 0.15) is 29.8 Å². The number of rotatable bonds is 12. The summed E-state index contributed by atoms with van der Waals surface area (Å²) in [7, 11) is 1.27. The molecule has 1 fully saturated rings. The lowest BCUT2D eigenvalue weighted by molar-refractivity contribution is -0.142. The molecule has 0 N–H and O–H groups in total. The summed E-state index contributed by atoms with van der Waals surface area (Å²) in [5.41, 5.74) is 2.41. The van der Waals surface area contributed by atoms with E-state index in [1.165, 1.54) is 17.6 Å². The molecule has 2 aromatic rings. The summed E-state index contributed by atoms with van der Waals surface area (Å²) in [4.78, 5) is 44.4. The normalized spacial score (nSPS) is 14.8. The molecule has 39 heavy (non-hydrogen) atoms. The standard InChI is InChI=1S/C29H38ClN3O5S/c1-21(2)38-20-19-33(28(35)26(39-4)29(36)37-3)25-11-7-23(8-12-25)27(34)32-17-15-31(16-18-32)14-13-22-5-9-24(30)10-6-22/h5-12,21,26H,13-20H2,1-4H3. The van der Waals surface area contributed by atoms with Crippen LogP contribution < -0.4 is 4.90 Å². The minimum Gasteiger partial charge on any atom is -0.468 e. The molecule has 1 heterocycles. The van der Waals surface area contributed by atoms with Crippen LogP contribution in [-0.2, 0) is 25.5 Å². The quantitative estimate of drug-likeness (QED) is 0.279. The van der Waals surface area contributed by atoms with Crippen LogP contribution in [0.4, 0.5) is 5.69 Å². The highest BCUT2D eigenvalue weighted by atomic mass is 35.5. The first kappa shape index (κ1) is 30.9. The average molecular weight is 576 g/mol. The summed E-state index contributed by atoms with van der Waals surface area (Å²) in [6.07, 6.45) is 2.65. The molecule has 0 saturated carbocycles. The number of carbonyl (C=O) groups excluding carboxylic acids is 3. The number of nitrogens with zero attached hydrogens (tertiary/aromatic N) is 3. The maximum atomic E-state index is 13.3. The molecule has 0 aromatic heterocycles. The summed E-state index contributed by atoms with van der Waals surface area (Å²) >= 11 is 7.10. The van der Waals surface area contributed by atoms with E-state index in [0.29, 0.717) is 30.9 Å². The van der Waals surface area contributed by atoms with Gasteiger partial charge in [0.1, 0.15) is 0 Å². The third-order valence-corrected chi connectivity index (χ3v) is 7.74. The van der Waals surface area contributed by atoms with Gasteiger partial charge in [-0.1, -0.05) is 23.7 Å². The van der Waals surface area contributed by atoms with Crippen molar-refractivity contribution in [2.75, 3.05) is 64.1 Å². The average Bonchev–Trinajstić information content (AvgIpc) is 2.95. The molecule has 2 amide bonds. The predicted octanol–water partition coefficient (Wildman–Crippen LogP) is 4.00. The molecule has 1 saturated heterocycles. The second kappa shape index (κ2) is 15.3. The van der Waals surface area contributed by atoms with Gasteiger partial charge in [-0.25, -0.2) is 0 Å². The topological polar surface area (TPSA) is 79.4 Å². The zero-order valence-corrected chi connectivity index (χ0v) is 24.7. The van der Waals surface area contributed by atoms with Gasteiger partial charge in [0, 0.05) is 55.5 Å². The fraction of sp³-hybridized carbons (Fsp3) is 0.483. The second-order valence-corrected chi connectivity index (χ2v) is 11.0. The van der Waals surface area contributed by atoms with Crippen molar-refractivity contribution in [3.05, 3.63) is 64.7 Å². The maximum Gasteiger partial charge on any atom is 0.328 e. The van der Waals surface area contributed by atoms with Crippen LogP contribution in [0.3, 0.4) is 0 Å². The first-order chi connectivity index (χ1) is 18.7. The highest BCUT2D eigenvalue weighted by molar-refractivity contribution is 8.00. The third kappa shape index (κ3) is 8.96. The Balaban J connectivity index is 1.61. The lowest BCUT2D eigenvalue weighted by Gasteiger charge is -2.35. The number of benzene rings is 2. The summed E-state index contributed by atoms with van der Waals surface area (Å²) in [6, 6.07) is 14.9. The molecule has 8 nitrogen and oxygen atoms in total. The third-order valence-electron chi connectivity index (χ3n) is 6.62. The van der Waals surface area contributed by atoms with Gasteiger partial charge in [0.25, 0.3) is 11.8 Å². The Bertz CT molecular complexity index is 1090. The molecule has 0 aliphatic carbocycles. The van der Waals surface area contributed by atoms with Gasteiger partial charge in [-0.3, -0.25) is 19.3 Å². The molecule has 0 bridgehead atoms. The van der Waals surface area contributed by atoms with Crippen LogP contribution in [0.2, 0.25) is 5.02 Å². The second-order valence-electron chi connectivity index (χ2n) is 9.61. The number of ether oxygens (including phenoxy) is 2.